The van der Waals surface area contributed by atoms with Crippen molar-refractivity contribution in [3.8, 4) is 5.75 Å². The molecule has 5 heteroatoms. The fourth-order valence-electron chi connectivity index (χ4n) is 2.60. The number of ketones is 1. The first-order valence-corrected chi connectivity index (χ1v) is 7.39. The number of carbonyl (C=O) groups is 1. The number of hydrogen-bond donors (Lipinski definition) is 1. The molecule has 24 heavy (non-hydrogen) atoms. The molecule has 1 heterocycles. The van der Waals surface area contributed by atoms with E-state index >= 15 is 0 Å². The van der Waals surface area contributed by atoms with Gasteiger partial charge in [-0.3, -0.25) is 9.78 Å². The van der Waals surface area contributed by atoms with Gasteiger partial charge in [-0.25, -0.2) is 8.78 Å². The van der Waals surface area contributed by atoms with Gasteiger partial charge in [-0.15, -0.1) is 0 Å². The van der Waals surface area contributed by atoms with Crippen LogP contribution in [-0.2, 0) is 5.41 Å². The average Bonchev–Trinajstić information content (AvgIpc) is 2.58. The van der Waals surface area contributed by atoms with Gasteiger partial charge >= 0.3 is 0 Å². The first-order chi connectivity index (χ1) is 11.3. The number of Topliss-reactive ketones (excluding diaryl/α,β-unsaturated/α-hetero) is 1. The third-order valence-electron chi connectivity index (χ3n) is 4.16. The van der Waals surface area contributed by atoms with Crippen molar-refractivity contribution in [1.29, 1.82) is 0 Å². The maximum Gasteiger partial charge on any atom is 0.187 e. The molecule has 0 bridgehead atoms. The van der Waals surface area contributed by atoms with Gasteiger partial charge < -0.3 is 5.11 Å². The van der Waals surface area contributed by atoms with Crippen molar-refractivity contribution >= 4 is 16.7 Å². The summed E-state index contributed by atoms with van der Waals surface area (Å²) in [6, 6.07) is 11.0. The van der Waals surface area contributed by atoms with E-state index < -0.39 is 28.6 Å². The summed E-state index contributed by atoms with van der Waals surface area (Å²) in [5.41, 5.74) is 0.264. The van der Waals surface area contributed by atoms with E-state index in [1.54, 1.807) is 20.0 Å². The number of halogens is 2. The smallest absolute Gasteiger partial charge is 0.187 e. The zero-order valence-electron chi connectivity index (χ0n) is 13.2. The first-order valence-electron chi connectivity index (χ1n) is 7.39. The molecule has 0 aliphatic rings. The number of phenols is 1. The van der Waals surface area contributed by atoms with Gasteiger partial charge in [0.2, 0.25) is 0 Å². The number of pyridine rings is 1. The van der Waals surface area contributed by atoms with Crippen molar-refractivity contribution in [1.82, 2.24) is 4.98 Å². The normalized spacial score (nSPS) is 11.7. The number of phenolic OH excluding ortho intramolecular Hbond substituents is 1. The van der Waals surface area contributed by atoms with Crippen LogP contribution in [0.3, 0.4) is 0 Å². The molecule has 0 radical (unpaired) electrons. The Labute approximate surface area is 137 Å². The minimum absolute atomic E-state index is 0.138. The van der Waals surface area contributed by atoms with Crippen LogP contribution in [0, 0.1) is 11.6 Å². The van der Waals surface area contributed by atoms with Gasteiger partial charge in [0, 0.05) is 17.1 Å². The molecule has 1 N–H and O–H groups in total. The van der Waals surface area contributed by atoms with Crippen LogP contribution >= 0.6 is 0 Å². The van der Waals surface area contributed by atoms with Crippen LogP contribution in [0.25, 0.3) is 10.9 Å². The van der Waals surface area contributed by atoms with Crippen molar-refractivity contribution in [2.45, 2.75) is 19.3 Å². The van der Waals surface area contributed by atoms with Gasteiger partial charge in [0.15, 0.2) is 23.2 Å². The molecule has 3 aromatic rings. The molecule has 3 nitrogen and oxygen atoms in total. The number of hydrogen-bond acceptors (Lipinski definition) is 3. The van der Waals surface area contributed by atoms with Crippen LogP contribution in [0.15, 0.2) is 48.7 Å². The Balaban J connectivity index is 2.06. The van der Waals surface area contributed by atoms with E-state index in [0.717, 1.165) is 23.0 Å². The van der Waals surface area contributed by atoms with Gasteiger partial charge in [-0.1, -0.05) is 18.2 Å². The number of carbonyl (C=O) groups excluding carboxylic acids is 1. The second kappa shape index (κ2) is 5.67. The lowest BCUT2D eigenvalue weighted by atomic mass is 9.78. The molecule has 122 valence electrons. The maximum absolute atomic E-state index is 13.5. The SMILES string of the molecule is CC(C)(C(=O)c1cc(F)c(O)c(F)c1)c1cnc2ccccc2c1. The topological polar surface area (TPSA) is 50.2 Å². The van der Waals surface area contributed by atoms with Crippen LogP contribution in [-0.4, -0.2) is 15.9 Å². The highest BCUT2D eigenvalue weighted by Gasteiger charge is 2.32. The summed E-state index contributed by atoms with van der Waals surface area (Å²) in [7, 11) is 0. The molecular formula is C19H15F2NO2. The Kier molecular flexibility index (Phi) is 3.79. The predicted octanol–water partition coefficient (Wildman–Crippen LogP) is 4.38. The van der Waals surface area contributed by atoms with Crippen molar-refractivity contribution < 1.29 is 18.7 Å². The number of aromatic hydroxyl groups is 1. The molecule has 2 aromatic carbocycles. The van der Waals surface area contributed by atoms with Gasteiger partial charge in [-0.05, 0) is 43.7 Å². The molecule has 0 amide bonds. The third-order valence-corrected chi connectivity index (χ3v) is 4.16. The zero-order chi connectivity index (χ0) is 17.5. The van der Waals surface area contributed by atoms with Crippen molar-refractivity contribution in [3.63, 3.8) is 0 Å². The van der Waals surface area contributed by atoms with Gasteiger partial charge in [0.25, 0.3) is 0 Å². The van der Waals surface area contributed by atoms with Gasteiger partial charge in [-0.2, -0.15) is 0 Å². The highest BCUT2D eigenvalue weighted by Crippen LogP contribution is 2.31. The molecular weight excluding hydrogens is 312 g/mol. The lowest BCUT2D eigenvalue weighted by Crippen LogP contribution is -2.29. The monoisotopic (exact) mass is 327 g/mol. The van der Waals surface area contributed by atoms with E-state index in [0.29, 0.717) is 5.56 Å². The molecule has 0 saturated heterocycles. The number of fused-ring (bicyclic) bond motifs is 1. The van der Waals surface area contributed by atoms with Crippen molar-refractivity contribution in [2.75, 3.05) is 0 Å². The Morgan fingerprint density at radius 1 is 1.08 bits per heavy atom. The Bertz CT molecular complexity index is 928. The molecule has 0 spiro atoms. The van der Waals surface area contributed by atoms with Gasteiger partial charge in [0.05, 0.1) is 10.9 Å². The highest BCUT2D eigenvalue weighted by atomic mass is 19.1. The third kappa shape index (κ3) is 2.62. The standard InChI is InChI=1S/C19H15F2NO2/c1-19(2,13-7-11-5-3-4-6-16(11)22-10-13)18(24)12-8-14(20)17(23)15(21)9-12/h3-10,23H,1-2H3. The maximum atomic E-state index is 13.5. The quantitative estimate of drug-likeness (QED) is 0.726. The minimum Gasteiger partial charge on any atom is -0.503 e. The molecule has 0 unspecified atom stereocenters. The van der Waals surface area contributed by atoms with E-state index in [4.69, 9.17) is 0 Å². The minimum atomic E-state index is -1.16. The van der Waals surface area contributed by atoms with Crippen LogP contribution in [0.4, 0.5) is 8.78 Å². The highest BCUT2D eigenvalue weighted by molar-refractivity contribution is 6.04. The summed E-state index contributed by atoms with van der Waals surface area (Å²) in [6.45, 7) is 3.34. The van der Waals surface area contributed by atoms with Crippen LogP contribution < -0.4 is 0 Å². The number of para-hydroxylation sites is 1. The van der Waals surface area contributed by atoms with Crippen LogP contribution in [0.2, 0.25) is 0 Å². The Morgan fingerprint density at radius 3 is 2.38 bits per heavy atom. The molecule has 0 aliphatic carbocycles. The van der Waals surface area contributed by atoms with E-state index in [-0.39, 0.29) is 5.56 Å². The summed E-state index contributed by atoms with van der Waals surface area (Å²) >= 11 is 0. The van der Waals surface area contributed by atoms with E-state index in [1.165, 1.54) is 0 Å². The number of benzene rings is 2. The molecule has 0 atom stereocenters. The van der Waals surface area contributed by atoms with E-state index in [2.05, 4.69) is 4.98 Å². The largest absolute Gasteiger partial charge is 0.503 e. The lowest BCUT2D eigenvalue weighted by molar-refractivity contribution is 0.0907. The summed E-state index contributed by atoms with van der Waals surface area (Å²) in [6.07, 6.45) is 1.59. The Hall–Kier alpha value is -2.82. The summed E-state index contributed by atoms with van der Waals surface area (Å²) < 4.78 is 27.1. The molecule has 0 fully saturated rings. The number of rotatable bonds is 3. The van der Waals surface area contributed by atoms with Crippen molar-refractivity contribution in [3.05, 3.63) is 71.4 Å². The number of nitrogens with zero attached hydrogens (tertiary/aromatic N) is 1. The lowest BCUT2D eigenvalue weighted by Gasteiger charge is -2.24. The second-order valence-corrected chi connectivity index (χ2v) is 6.16. The average molecular weight is 327 g/mol. The molecule has 0 saturated carbocycles. The molecule has 0 aliphatic heterocycles. The van der Waals surface area contributed by atoms with E-state index in [9.17, 15) is 18.7 Å². The summed E-state index contributed by atoms with van der Waals surface area (Å²) in [5, 5.41) is 10.1. The number of aromatic nitrogens is 1. The van der Waals surface area contributed by atoms with Crippen molar-refractivity contribution in [2.24, 2.45) is 0 Å². The first kappa shape index (κ1) is 16.1. The summed E-state index contributed by atoms with van der Waals surface area (Å²) in [5.74, 6) is -3.87. The van der Waals surface area contributed by atoms with E-state index in [1.807, 2.05) is 30.3 Å². The molecule has 1 aromatic heterocycles. The molecule has 3 rings (SSSR count). The van der Waals surface area contributed by atoms with Gasteiger partial charge in [0.1, 0.15) is 0 Å². The van der Waals surface area contributed by atoms with Crippen LogP contribution in [0.5, 0.6) is 5.75 Å². The van der Waals surface area contributed by atoms with Crippen LogP contribution in [0.1, 0.15) is 29.8 Å². The zero-order valence-corrected chi connectivity index (χ0v) is 13.2. The Morgan fingerprint density at radius 2 is 1.71 bits per heavy atom. The fraction of sp³-hybridized carbons (Fsp3) is 0.158. The fourth-order valence-corrected chi connectivity index (χ4v) is 2.60. The summed E-state index contributed by atoms with van der Waals surface area (Å²) in [4.78, 5) is 17.1. The predicted molar refractivity (Wildman–Crippen MR) is 87.1 cm³/mol. The second-order valence-electron chi connectivity index (χ2n) is 6.16.